The normalized spacial score (nSPS) is 10.7. The second-order valence-corrected chi connectivity index (χ2v) is 11.8. The van der Waals surface area contributed by atoms with Crippen LogP contribution in [0.25, 0.3) is 21.5 Å². The summed E-state index contributed by atoms with van der Waals surface area (Å²) in [6, 6.07) is 21.9. The van der Waals surface area contributed by atoms with E-state index in [-0.39, 0.29) is 10.8 Å². The molecule has 1 heteroatoms. The first-order chi connectivity index (χ1) is 17.8. The van der Waals surface area contributed by atoms with Gasteiger partial charge in [0, 0.05) is 0 Å². The summed E-state index contributed by atoms with van der Waals surface area (Å²) in [4.78, 5) is 0. The first-order valence-electron chi connectivity index (χ1n) is 14.1. The number of benzene rings is 2. The predicted molar refractivity (Wildman–Crippen MR) is 174 cm³/mol. The van der Waals surface area contributed by atoms with Gasteiger partial charge in [-0.05, 0) is 24.7 Å². The summed E-state index contributed by atoms with van der Waals surface area (Å²) < 4.78 is 3.34. The van der Waals surface area contributed by atoms with Crippen LogP contribution < -0.4 is 0 Å². The summed E-state index contributed by atoms with van der Waals surface area (Å²) in [5.74, 6) is 0. The fourth-order valence-corrected chi connectivity index (χ4v) is 4.27. The third-order valence-corrected chi connectivity index (χ3v) is 6.27. The Hall–Kier alpha value is -1.59. The number of unbranched alkanes of at least 4 members (excludes halogenated alkanes) is 2. The Morgan fingerprint density at radius 3 is 1.21 bits per heavy atom. The van der Waals surface area contributed by atoms with E-state index in [0.717, 1.165) is 12.8 Å². The predicted octanol–water partition coefficient (Wildman–Crippen LogP) is 11.5. The van der Waals surface area contributed by atoms with Gasteiger partial charge in [-0.25, -0.2) is 12.1 Å². The van der Waals surface area contributed by atoms with E-state index in [0.29, 0.717) is 0 Å². The molecule has 4 aromatic carbocycles. The summed E-state index contributed by atoms with van der Waals surface area (Å²) in [6.45, 7) is 29.7. The van der Waals surface area contributed by atoms with E-state index in [2.05, 4.69) is 118 Å². The van der Waals surface area contributed by atoms with Gasteiger partial charge in [0.05, 0.1) is 0 Å². The maximum absolute atomic E-state index is 3.60. The molecule has 0 bridgehead atoms. The van der Waals surface area contributed by atoms with Crippen LogP contribution in [0.4, 0.5) is 0 Å². The van der Waals surface area contributed by atoms with Crippen LogP contribution in [-0.4, -0.2) is 4.21 Å². The molecule has 0 heterocycles. The van der Waals surface area contributed by atoms with Gasteiger partial charge in [-0.15, -0.1) is 39.7 Å². The molecule has 0 saturated carbocycles. The first-order valence-corrected chi connectivity index (χ1v) is 15.8. The van der Waals surface area contributed by atoms with Gasteiger partial charge < -0.3 is 13.8 Å². The molecule has 0 spiro atoms. The number of rotatable bonds is 2. The Morgan fingerprint density at radius 1 is 0.684 bits per heavy atom. The maximum atomic E-state index is 3.60. The van der Waals surface area contributed by atoms with Crippen molar-refractivity contribution in [2.45, 2.75) is 106 Å². The van der Waals surface area contributed by atoms with Crippen molar-refractivity contribution in [2.24, 2.45) is 0 Å². The van der Waals surface area contributed by atoms with Crippen molar-refractivity contribution in [3.05, 3.63) is 96.8 Å². The molecule has 0 aromatic heterocycles. The van der Waals surface area contributed by atoms with E-state index in [1.807, 2.05) is 30.3 Å². The Morgan fingerprint density at radius 2 is 1.00 bits per heavy atom. The van der Waals surface area contributed by atoms with Gasteiger partial charge in [0.15, 0.2) is 0 Å². The van der Waals surface area contributed by atoms with Crippen molar-refractivity contribution in [3.63, 3.8) is 0 Å². The molecule has 0 amide bonds. The minimum atomic E-state index is 0.180. The van der Waals surface area contributed by atoms with Crippen molar-refractivity contribution in [1.29, 1.82) is 0 Å². The molecule has 0 saturated heterocycles. The maximum Gasteiger partial charge on any atom is -0.172 e. The van der Waals surface area contributed by atoms with Gasteiger partial charge in [-0.1, -0.05) is 103 Å². The van der Waals surface area contributed by atoms with Crippen molar-refractivity contribution in [2.75, 3.05) is 0 Å². The van der Waals surface area contributed by atoms with Crippen LogP contribution in [0.3, 0.4) is 0 Å². The summed E-state index contributed by atoms with van der Waals surface area (Å²) in [5.41, 5.74) is 6.06. The summed E-state index contributed by atoms with van der Waals surface area (Å²) >= 11 is 1.30. The van der Waals surface area contributed by atoms with Crippen LogP contribution in [0.5, 0.6) is 0 Å². The van der Waals surface area contributed by atoms with E-state index in [9.17, 15) is 0 Å². The van der Waals surface area contributed by atoms with Crippen molar-refractivity contribution in [3.8, 4) is 0 Å². The molecule has 0 aliphatic heterocycles. The largest absolute Gasteiger partial charge is 0.214 e. The SMILES string of the molecule is Cc1cc2[cH-]c3cc(C)c(C(C)(C)C)cc3c2cc1C(C)(C)C.[CH2-]CCC.[CH2-]CCC.[CH2]=[Zr].c1cc[cH-]c1. The van der Waals surface area contributed by atoms with E-state index < -0.39 is 0 Å². The van der Waals surface area contributed by atoms with Crippen molar-refractivity contribution >= 4 is 25.8 Å². The molecule has 0 unspecified atom stereocenters. The van der Waals surface area contributed by atoms with Gasteiger partial charge in [0.25, 0.3) is 0 Å². The van der Waals surface area contributed by atoms with E-state index in [1.165, 1.54) is 80.9 Å². The Balaban J connectivity index is 0.000000748. The van der Waals surface area contributed by atoms with Crippen molar-refractivity contribution in [1.82, 2.24) is 0 Å². The number of hydrogen-bond donors (Lipinski definition) is 0. The zero-order chi connectivity index (χ0) is 29.5. The minimum Gasteiger partial charge on any atom is -0.214 e. The molecular formula is C37H54Zr-4. The molecule has 0 aliphatic rings. The third kappa shape index (κ3) is 11.7. The van der Waals surface area contributed by atoms with Gasteiger partial charge in [0.2, 0.25) is 0 Å². The zero-order valence-electron chi connectivity index (χ0n) is 26.2. The van der Waals surface area contributed by atoms with E-state index in [4.69, 9.17) is 0 Å². The van der Waals surface area contributed by atoms with Crippen LogP contribution >= 0.6 is 0 Å². The quantitative estimate of drug-likeness (QED) is 0.204. The fourth-order valence-electron chi connectivity index (χ4n) is 4.27. The van der Waals surface area contributed by atoms with Crippen LogP contribution in [0, 0.1) is 27.7 Å². The third-order valence-electron chi connectivity index (χ3n) is 6.27. The van der Waals surface area contributed by atoms with E-state index in [1.54, 1.807) is 0 Å². The molecule has 210 valence electrons. The first kappa shape index (κ1) is 36.4. The second kappa shape index (κ2) is 17.9. The molecule has 0 nitrogen and oxygen atoms in total. The number of fused-ring (bicyclic) bond motifs is 3. The van der Waals surface area contributed by atoms with Gasteiger partial charge in [-0.2, -0.15) is 31.0 Å². The molecule has 4 rings (SSSR count). The second-order valence-electron chi connectivity index (χ2n) is 11.8. The number of aryl methyl sites for hydroxylation is 2. The molecule has 38 heavy (non-hydrogen) atoms. The van der Waals surface area contributed by atoms with Crippen molar-refractivity contribution < 1.29 is 24.2 Å². The smallest absolute Gasteiger partial charge is 0.172 e. The average Bonchev–Trinajstić information content (AvgIpc) is 3.54. The molecular weight excluding hydrogens is 536 g/mol. The van der Waals surface area contributed by atoms with E-state index >= 15 is 0 Å². The average molecular weight is 590 g/mol. The van der Waals surface area contributed by atoms with Gasteiger partial charge in [0.1, 0.15) is 0 Å². The van der Waals surface area contributed by atoms with Gasteiger partial charge in [-0.3, -0.25) is 0 Å². The monoisotopic (exact) mass is 588 g/mol. The summed E-state index contributed by atoms with van der Waals surface area (Å²) in [7, 11) is 0. The molecule has 0 radical (unpaired) electrons. The minimum absolute atomic E-state index is 0.180. The number of hydrogen-bond acceptors (Lipinski definition) is 0. The van der Waals surface area contributed by atoms with Crippen LogP contribution in [-0.2, 0) is 35.1 Å². The Kier molecular flexibility index (Phi) is 17.1. The molecule has 0 fully saturated rings. The Labute approximate surface area is 251 Å². The zero-order valence-corrected chi connectivity index (χ0v) is 28.7. The Bertz CT molecular complexity index is 1060. The van der Waals surface area contributed by atoms with Crippen LogP contribution in [0.2, 0.25) is 0 Å². The standard InChI is InChI=1S/C23H29.C5H5.2C4H9.CH2.Zr/c1-14-9-16-11-17-10-15(2)21(23(6,7)8)13-19(17)18(16)12-20(14)22(3,4)5;1-2-4-5-3-1;2*1-3-4-2;;/h9-13H,1-8H3;1-5H;2*1,3-4H2,2H3;1H2;/q4*-1;;. The topological polar surface area (TPSA) is 0 Å². The molecule has 0 aliphatic carbocycles. The van der Waals surface area contributed by atoms with Crippen LogP contribution in [0.1, 0.15) is 103 Å². The molecule has 0 atom stereocenters. The molecule has 0 N–H and O–H groups in total. The molecule has 4 aromatic rings. The van der Waals surface area contributed by atoms with Gasteiger partial charge >= 0.3 is 28.4 Å². The summed E-state index contributed by atoms with van der Waals surface area (Å²) in [5, 5.41) is 5.55. The summed E-state index contributed by atoms with van der Waals surface area (Å²) in [6.07, 6.45) is 4.56. The fraction of sp³-hybridized carbons (Fsp3) is 0.432. The van der Waals surface area contributed by atoms with Crippen LogP contribution in [0.15, 0.2) is 60.7 Å².